The molecular formula is C17H15Cl2N3O2. The van der Waals surface area contributed by atoms with Gasteiger partial charge in [0, 0.05) is 12.1 Å². The Morgan fingerprint density at radius 3 is 2.58 bits per heavy atom. The van der Waals surface area contributed by atoms with Crippen molar-refractivity contribution in [3.05, 3.63) is 62.5 Å². The summed E-state index contributed by atoms with van der Waals surface area (Å²) in [6, 6.07) is 10.7. The maximum atomic E-state index is 12.0. The van der Waals surface area contributed by atoms with Gasteiger partial charge in [0.25, 0.3) is 0 Å². The predicted molar refractivity (Wildman–Crippen MR) is 96.9 cm³/mol. The third-order valence-corrected chi connectivity index (χ3v) is 4.39. The first-order chi connectivity index (χ1) is 11.5. The first-order valence-corrected chi connectivity index (χ1v) is 8.23. The lowest BCUT2D eigenvalue weighted by molar-refractivity contribution is -0.116. The summed E-state index contributed by atoms with van der Waals surface area (Å²) in [5.41, 5.74) is 2.79. The highest BCUT2D eigenvalue weighted by atomic mass is 35.5. The third kappa shape index (κ3) is 3.99. The lowest BCUT2D eigenvalue weighted by atomic mass is 10.1. The zero-order valence-corrected chi connectivity index (χ0v) is 14.2. The number of amides is 1. The van der Waals surface area contributed by atoms with Crippen LogP contribution in [0.4, 0.5) is 5.69 Å². The van der Waals surface area contributed by atoms with Crippen molar-refractivity contribution in [2.45, 2.75) is 19.3 Å². The number of nitrogens with one attached hydrogen (secondary N) is 3. The SMILES string of the molecule is O=C(CCCc1ccc(Cl)c(Cl)c1)Nc1ccc2[nH]c(=O)[nH]c2c1. The maximum Gasteiger partial charge on any atom is 0.323 e. The number of rotatable bonds is 5. The van der Waals surface area contributed by atoms with Crippen LogP contribution in [-0.2, 0) is 11.2 Å². The highest BCUT2D eigenvalue weighted by molar-refractivity contribution is 6.42. The fourth-order valence-corrected chi connectivity index (χ4v) is 2.80. The van der Waals surface area contributed by atoms with E-state index in [2.05, 4.69) is 15.3 Å². The topological polar surface area (TPSA) is 77.8 Å². The van der Waals surface area contributed by atoms with Crippen molar-refractivity contribution in [2.24, 2.45) is 0 Å². The molecule has 2 aromatic carbocycles. The molecule has 24 heavy (non-hydrogen) atoms. The third-order valence-electron chi connectivity index (χ3n) is 3.65. The number of aromatic amines is 2. The molecule has 7 heteroatoms. The summed E-state index contributed by atoms with van der Waals surface area (Å²) < 4.78 is 0. The summed E-state index contributed by atoms with van der Waals surface area (Å²) in [4.78, 5) is 28.6. The molecule has 0 bridgehead atoms. The predicted octanol–water partition coefficient (Wildman–Crippen LogP) is 4.12. The summed E-state index contributed by atoms with van der Waals surface area (Å²) >= 11 is 11.9. The summed E-state index contributed by atoms with van der Waals surface area (Å²) in [5.74, 6) is -0.0766. The van der Waals surface area contributed by atoms with Crippen LogP contribution in [0.15, 0.2) is 41.2 Å². The quantitative estimate of drug-likeness (QED) is 0.637. The van der Waals surface area contributed by atoms with E-state index >= 15 is 0 Å². The number of aryl methyl sites for hydroxylation is 1. The van der Waals surface area contributed by atoms with Crippen LogP contribution in [0.2, 0.25) is 10.0 Å². The minimum atomic E-state index is -0.268. The Hall–Kier alpha value is -2.24. The maximum absolute atomic E-state index is 12.0. The van der Waals surface area contributed by atoms with Crippen LogP contribution < -0.4 is 11.0 Å². The van der Waals surface area contributed by atoms with Crippen molar-refractivity contribution in [3.63, 3.8) is 0 Å². The Labute approximate surface area is 148 Å². The van der Waals surface area contributed by atoms with Crippen molar-refractivity contribution in [1.29, 1.82) is 0 Å². The molecule has 1 heterocycles. The minimum absolute atomic E-state index is 0.0766. The highest BCUT2D eigenvalue weighted by Gasteiger charge is 2.06. The zero-order valence-electron chi connectivity index (χ0n) is 12.7. The largest absolute Gasteiger partial charge is 0.326 e. The molecule has 124 valence electrons. The average molecular weight is 364 g/mol. The number of imidazole rings is 1. The van der Waals surface area contributed by atoms with Crippen molar-refractivity contribution in [1.82, 2.24) is 9.97 Å². The van der Waals surface area contributed by atoms with Crippen LogP contribution in [0.5, 0.6) is 0 Å². The Bertz CT molecular complexity index is 946. The Morgan fingerprint density at radius 2 is 1.79 bits per heavy atom. The van der Waals surface area contributed by atoms with Gasteiger partial charge >= 0.3 is 5.69 Å². The molecule has 1 aromatic heterocycles. The first kappa shape index (κ1) is 16.6. The van der Waals surface area contributed by atoms with Gasteiger partial charge in [0.2, 0.25) is 5.91 Å². The van der Waals surface area contributed by atoms with E-state index in [1.807, 2.05) is 12.1 Å². The van der Waals surface area contributed by atoms with E-state index in [4.69, 9.17) is 23.2 Å². The number of anilines is 1. The van der Waals surface area contributed by atoms with Crippen LogP contribution in [-0.4, -0.2) is 15.9 Å². The molecule has 0 fully saturated rings. The van der Waals surface area contributed by atoms with Gasteiger partial charge < -0.3 is 15.3 Å². The molecule has 0 aliphatic rings. The molecule has 1 amide bonds. The molecule has 0 aliphatic heterocycles. The number of benzene rings is 2. The normalized spacial score (nSPS) is 10.9. The first-order valence-electron chi connectivity index (χ1n) is 7.47. The number of H-pyrrole nitrogens is 2. The van der Waals surface area contributed by atoms with Gasteiger partial charge in [-0.3, -0.25) is 4.79 Å². The van der Waals surface area contributed by atoms with Gasteiger partial charge in [0.15, 0.2) is 0 Å². The minimum Gasteiger partial charge on any atom is -0.326 e. The lowest BCUT2D eigenvalue weighted by Crippen LogP contribution is -2.11. The van der Waals surface area contributed by atoms with Crippen LogP contribution in [0.3, 0.4) is 0 Å². The Balaban J connectivity index is 1.54. The van der Waals surface area contributed by atoms with Gasteiger partial charge in [-0.05, 0) is 48.7 Å². The number of carbonyl (C=O) groups excluding carboxylic acids is 1. The van der Waals surface area contributed by atoms with Gasteiger partial charge in [-0.1, -0.05) is 29.3 Å². The van der Waals surface area contributed by atoms with Crippen molar-refractivity contribution < 1.29 is 4.79 Å². The number of hydrogen-bond acceptors (Lipinski definition) is 2. The van der Waals surface area contributed by atoms with Crippen molar-refractivity contribution >= 4 is 45.8 Å². The Kier molecular flexibility index (Phi) is 4.92. The molecule has 0 radical (unpaired) electrons. The second-order valence-corrected chi connectivity index (χ2v) is 6.30. The molecular weight excluding hydrogens is 349 g/mol. The highest BCUT2D eigenvalue weighted by Crippen LogP contribution is 2.23. The lowest BCUT2D eigenvalue weighted by Gasteiger charge is -2.06. The van der Waals surface area contributed by atoms with E-state index in [0.29, 0.717) is 39.6 Å². The summed E-state index contributed by atoms with van der Waals surface area (Å²) in [6.45, 7) is 0. The molecule has 0 unspecified atom stereocenters. The average Bonchev–Trinajstić information content (AvgIpc) is 2.90. The smallest absolute Gasteiger partial charge is 0.323 e. The van der Waals surface area contributed by atoms with Crippen LogP contribution in [0.25, 0.3) is 11.0 Å². The van der Waals surface area contributed by atoms with E-state index in [1.165, 1.54) is 0 Å². The molecule has 0 spiro atoms. The molecule has 3 aromatic rings. The second kappa shape index (κ2) is 7.11. The number of carbonyl (C=O) groups is 1. The molecule has 0 saturated heterocycles. The molecule has 3 rings (SSSR count). The van der Waals surface area contributed by atoms with E-state index in [-0.39, 0.29) is 11.6 Å². The van der Waals surface area contributed by atoms with Gasteiger partial charge in [0.1, 0.15) is 0 Å². The van der Waals surface area contributed by atoms with Crippen molar-refractivity contribution in [2.75, 3.05) is 5.32 Å². The van der Waals surface area contributed by atoms with Gasteiger partial charge in [-0.15, -0.1) is 0 Å². The van der Waals surface area contributed by atoms with Gasteiger partial charge in [0.05, 0.1) is 21.1 Å². The molecule has 3 N–H and O–H groups in total. The van der Waals surface area contributed by atoms with E-state index in [1.54, 1.807) is 24.3 Å². The monoisotopic (exact) mass is 363 g/mol. The van der Waals surface area contributed by atoms with Crippen LogP contribution >= 0.6 is 23.2 Å². The fourth-order valence-electron chi connectivity index (χ4n) is 2.48. The van der Waals surface area contributed by atoms with Crippen LogP contribution in [0, 0.1) is 0 Å². The standard InChI is InChI=1S/C17H15Cl2N3O2/c18-12-6-4-10(8-13(12)19)2-1-3-16(23)20-11-5-7-14-15(9-11)22-17(24)21-14/h4-9H,1-3H2,(H,20,23)(H2,21,22,24). The zero-order chi connectivity index (χ0) is 17.1. The molecule has 0 aliphatic carbocycles. The number of aromatic nitrogens is 2. The van der Waals surface area contributed by atoms with Crippen LogP contribution in [0.1, 0.15) is 18.4 Å². The van der Waals surface area contributed by atoms with E-state index in [0.717, 1.165) is 12.0 Å². The summed E-state index contributed by atoms with van der Waals surface area (Å²) in [5, 5.41) is 3.87. The summed E-state index contributed by atoms with van der Waals surface area (Å²) in [7, 11) is 0. The van der Waals surface area contributed by atoms with E-state index < -0.39 is 0 Å². The number of halogens is 2. The summed E-state index contributed by atoms with van der Waals surface area (Å²) in [6.07, 6.45) is 1.84. The molecule has 5 nitrogen and oxygen atoms in total. The number of fused-ring (bicyclic) bond motifs is 1. The second-order valence-electron chi connectivity index (χ2n) is 5.49. The van der Waals surface area contributed by atoms with Crippen molar-refractivity contribution in [3.8, 4) is 0 Å². The van der Waals surface area contributed by atoms with Gasteiger partial charge in [-0.25, -0.2) is 4.79 Å². The molecule has 0 saturated carbocycles. The van der Waals surface area contributed by atoms with E-state index in [9.17, 15) is 9.59 Å². The van der Waals surface area contributed by atoms with Gasteiger partial charge in [-0.2, -0.15) is 0 Å². The molecule has 0 atom stereocenters. The number of hydrogen-bond donors (Lipinski definition) is 3. The Morgan fingerprint density at radius 1 is 1.00 bits per heavy atom. The fraction of sp³-hybridized carbons (Fsp3) is 0.176.